The van der Waals surface area contributed by atoms with Crippen molar-refractivity contribution < 1.29 is 4.74 Å². The van der Waals surface area contributed by atoms with Crippen LogP contribution in [-0.2, 0) is 0 Å². The molecule has 2 rings (SSSR count). The van der Waals surface area contributed by atoms with E-state index in [0.717, 1.165) is 12.3 Å². The highest BCUT2D eigenvalue weighted by Gasteiger charge is 2.25. The van der Waals surface area contributed by atoms with Crippen LogP contribution in [0.25, 0.3) is 0 Å². The third-order valence-electron chi connectivity index (χ3n) is 3.82. The first kappa shape index (κ1) is 12.9. The molecule has 0 amide bonds. The quantitative estimate of drug-likeness (QED) is 0.896. The number of hydrogen-bond acceptors (Lipinski definition) is 2. The van der Waals surface area contributed by atoms with E-state index in [0.29, 0.717) is 6.04 Å². The summed E-state index contributed by atoms with van der Waals surface area (Å²) in [5.41, 5.74) is 5.17. The van der Waals surface area contributed by atoms with Crippen LogP contribution in [0, 0.1) is 20.8 Å². The number of halogens is 1. The summed E-state index contributed by atoms with van der Waals surface area (Å²) in [7, 11) is 1.77. The number of ether oxygens (including phenoxy) is 1. The van der Waals surface area contributed by atoms with Crippen LogP contribution < -0.4 is 10.1 Å². The molecule has 94 valence electrons. The van der Waals surface area contributed by atoms with Gasteiger partial charge in [0.05, 0.1) is 7.11 Å². The van der Waals surface area contributed by atoms with Crippen LogP contribution in [0.1, 0.15) is 41.1 Å². The maximum absolute atomic E-state index is 5.64. The van der Waals surface area contributed by atoms with Crippen molar-refractivity contribution in [3.8, 4) is 5.75 Å². The number of rotatable bonds is 2. The van der Waals surface area contributed by atoms with Crippen molar-refractivity contribution >= 4 is 15.9 Å². The van der Waals surface area contributed by atoms with E-state index < -0.39 is 0 Å². The van der Waals surface area contributed by atoms with Crippen LogP contribution >= 0.6 is 15.9 Å². The Bertz CT molecular complexity index is 437. The predicted molar refractivity (Wildman–Crippen MR) is 74.9 cm³/mol. The lowest BCUT2D eigenvalue weighted by Gasteiger charge is -2.23. The third kappa shape index (κ3) is 2.11. The minimum Gasteiger partial charge on any atom is -0.496 e. The maximum atomic E-state index is 5.64. The monoisotopic (exact) mass is 297 g/mol. The second-order valence-corrected chi connectivity index (χ2v) is 5.58. The zero-order chi connectivity index (χ0) is 12.6. The minimum atomic E-state index is 0.445. The number of methoxy groups -OCH3 is 1. The summed E-state index contributed by atoms with van der Waals surface area (Å²) >= 11 is 3.71. The van der Waals surface area contributed by atoms with Gasteiger partial charge in [-0.3, -0.25) is 0 Å². The highest BCUT2D eigenvalue weighted by molar-refractivity contribution is 9.10. The van der Waals surface area contributed by atoms with Gasteiger partial charge in [-0.2, -0.15) is 0 Å². The molecule has 1 aliphatic heterocycles. The Hall–Kier alpha value is -0.540. The summed E-state index contributed by atoms with van der Waals surface area (Å²) in [6, 6.07) is 0.445. The Balaban J connectivity index is 2.62. The Morgan fingerprint density at radius 2 is 1.88 bits per heavy atom. The van der Waals surface area contributed by atoms with E-state index >= 15 is 0 Å². The van der Waals surface area contributed by atoms with Crippen LogP contribution in [0.5, 0.6) is 5.75 Å². The lowest BCUT2D eigenvalue weighted by molar-refractivity contribution is 0.399. The summed E-state index contributed by atoms with van der Waals surface area (Å²) < 4.78 is 6.87. The zero-order valence-electron chi connectivity index (χ0n) is 11.0. The van der Waals surface area contributed by atoms with E-state index in [1.807, 2.05) is 0 Å². The first-order valence-corrected chi connectivity index (χ1v) is 6.93. The molecule has 0 aromatic heterocycles. The molecule has 1 aliphatic rings. The number of benzene rings is 1. The molecule has 0 bridgehead atoms. The van der Waals surface area contributed by atoms with Gasteiger partial charge in [0.25, 0.3) is 0 Å². The lowest BCUT2D eigenvalue weighted by Crippen LogP contribution is -2.16. The van der Waals surface area contributed by atoms with Crippen molar-refractivity contribution in [2.24, 2.45) is 0 Å². The molecule has 1 atom stereocenters. The molecule has 17 heavy (non-hydrogen) atoms. The Morgan fingerprint density at radius 3 is 2.41 bits per heavy atom. The molecule has 1 N–H and O–H groups in total. The van der Waals surface area contributed by atoms with Crippen molar-refractivity contribution in [2.75, 3.05) is 13.7 Å². The molecule has 0 saturated carbocycles. The Labute approximate surface area is 112 Å². The Morgan fingerprint density at radius 1 is 1.18 bits per heavy atom. The van der Waals surface area contributed by atoms with Gasteiger partial charge in [-0.1, -0.05) is 15.9 Å². The second-order valence-electron chi connectivity index (χ2n) is 4.78. The molecular formula is C14H20BrNO. The SMILES string of the molecule is COc1c(C)c(C)c(Br)c(C)c1C1CCCN1. The number of nitrogens with one attached hydrogen (secondary N) is 1. The molecule has 1 aromatic carbocycles. The molecule has 1 unspecified atom stereocenters. The first-order valence-electron chi connectivity index (χ1n) is 6.14. The maximum Gasteiger partial charge on any atom is 0.127 e. The normalized spacial score (nSPS) is 19.7. The van der Waals surface area contributed by atoms with Gasteiger partial charge < -0.3 is 10.1 Å². The fourth-order valence-corrected chi connectivity index (χ4v) is 3.23. The van der Waals surface area contributed by atoms with Crippen LogP contribution in [0.2, 0.25) is 0 Å². The van der Waals surface area contributed by atoms with Crippen molar-refractivity contribution in [3.63, 3.8) is 0 Å². The van der Waals surface area contributed by atoms with Gasteiger partial charge in [0.15, 0.2) is 0 Å². The molecule has 0 radical (unpaired) electrons. The van der Waals surface area contributed by atoms with Gasteiger partial charge in [-0.15, -0.1) is 0 Å². The third-order valence-corrected chi connectivity index (χ3v) is 5.01. The van der Waals surface area contributed by atoms with E-state index in [1.165, 1.54) is 39.6 Å². The van der Waals surface area contributed by atoms with Gasteiger partial charge in [0.2, 0.25) is 0 Å². The topological polar surface area (TPSA) is 21.3 Å². The van der Waals surface area contributed by atoms with Gasteiger partial charge >= 0.3 is 0 Å². The average molecular weight is 298 g/mol. The zero-order valence-corrected chi connectivity index (χ0v) is 12.6. The molecular weight excluding hydrogens is 278 g/mol. The second kappa shape index (κ2) is 4.99. The fraction of sp³-hybridized carbons (Fsp3) is 0.571. The summed E-state index contributed by atoms with van der Waals surface area (Å²) in [6.45, 7) is 7.56. The van der Waals surface area contributed by atoms with Gasteiger partial charge in [-0.05, 0) is 56.8 Å². The number of hydrogen-bond donors (Lipinski definition) is 1. The molecule has 3 heteroatoms. The minimum absolute atomic E-state index is 0.445. The smallest absolute Gasteiger partial charge is 0.127 e. The van der Waals surface area contributed by atoms with Crippen LogP contribution in [0.4, 0.5) is 0 Å². The average Bonchev–Trinajstić information content (AvgIpc) is 2.84. The lowest BCUT2D eigenvalue weighted by atomic mass is 9.93. The summed E-state index contributed by atoms with van der Waals surface area (Å²) in [5, 5.41) is 3.56. The van der Waals surface area contributed by atoms with E-state index in [4.69, 9.17) is 4.74 Å². The standard InChI is InChI=1S/C14H20BrNO/c1-8-9(2)14(17-4)12(10(3)13(8)15)11-6-5-7-16-11/h11,16H,5-7H2,1-4H3. The molecule has 2 nitrogen and oxygen atoms in total. The van der Waals surface area contributed by atoms with Crippen LogP contribution in [0.15, 0.2) is 4.47 Å². The Kier molecular flexibility index (Phi) is 3.79. The molecule has 0 spiro atoms. The highest BCUT2D eigenvalue weighted by Crippen LogP contribution is 2.41. The first-order chi connectivity index (χ1) is 8.07. The van der Waals surface area contributed by atoms with Crippen molar-refractivity contribution in [2.45, 2.75) is 39.7 Å². The molecule has 1 fully saturated rings. The highest BCUT2D eigenvalue weighted by atomic mass is 79.9. The van der Waals surface area contributed by atoms with Crippen LogP contribution in [0.3, 0.4) is 0 Å². The largest absolute Gasteiger partial charge is 0.496 e. The van der Waals surface area contributed by atoms with Crippen molar-refractivity contribution in [1.29, 1.82) is 0 Å². The fourth-order valence-electron chi connectivity index (χ4n) is 2.72. The summed E-state index contributed by atoms with van der Waals surface area (Å²) in [6.07, 6.45) is 2.45. The molecule has 1 saturated heterocycles. The van der Waals surface area contributed by atoms with Crippen molar-refractivity contribution in [1.82, 2.24) is 5.32 Å². The molecule has 1 aromatic rings. The van der Waals surface area contributed by atoms with Gasteiger partial charge in [0, 0.05) is 16.1 Å². The van der Waals surface area contributed by atoms with Gasteiger partial charge in [0.1, 0.15) is 5.75 Å². The van der Waals surface area contributed by atoms with E-state index in [2.05, 4.69) is 42.0 Å². The van der Waals surface area contributed by atoms with Crippen molar-refractivity contribution in [3.05, 3.63) is 26.7 Å². The molecule has 1 heterocycles. The molecule has 0 aliphatic carbocycles. The predicted octanol–water partition coefficient (Wildman–Crippen LogP) is 3.81. The summed E-state index contributed by atoms with van der Waals surface area (Å²) in [4.78, 5) is 0. The van der Waals surface area contributed by atoms with E-state index in [-0.39, 0.29) is 0 Å². The summed E-state index contributed by atoms with van der Waals surface area (Å²) in [5.74, 6) is 1.06. The van der Waals surface area contributed by atoms with E-state index in [1.54, 1.807) is 7.11 Å². The van der Waals surface area contributed by atoms with Crippen LogP contribution in [-0.4, -0.2) is 13.7 Å². The van der Waals surface area contributed by atoms with Gasteiger partial charge in [-0.25, -0.2) is 0 Å². The van der Waals surface area contributed by atoms with E-state index in [9.17, 15) is 0 Å².